The number of hydrogen-bond donors (Lipinski definition) is 1. The maximum atomic E-state index is 10.4. The minimum absolute atomic E-state index is 0.212. The molecule has 1 aromatic heterocycles. The SMILES string of the molecule is COCCCCCC1=C[C@H]2C[C@@H](O)[C@H](/C=C/c3ccco3)[C@H]2C1. The second kappa shape index (κ2) is 7.98. The number of fused-ring (bicyclic) bond motifs is 1. The second-order valence-electron chi connectivity index (χ2n) is 6.92. The molecule has 2 aliphatic rings. The molecular formula is C20H28O3. The maximum Gasteiger partial charge on any atom is 0.126 e. The lowest BCUT2D eigenvalue weighted by Gasteiger charge is -2.18. The Bertz CT molecular complexity index is 529. The lowest BCUT2D eigenvalue weighted by atomic mass is 9.88. The van der Waals surface area contributed by atoms with Crippen LogP contribution in [0.4, 0.5) is 0 Å². The molecule has 0 radical (unpaired) electrons. The van der Waals surface area contributed by atoms with Crippen molar-refractivity contribution in [2.45, 2.75) is 44.6 Å². The van der Waals surface area contributed by atoms with Gasteiger partial charge in [-0.2, -0.15) is 0 Å². The van der Waals surface area contributed by atoms with Crippen molar-refractivity contribution < 1.29 is 14.3 Å². The molecule has 0 spiro atoms. The van der Waals surface area contributed by atoms with Gasteiger partial charge in [0.2, 0.25) is 0 Å². The molecule has 3 rings (SSSR count). The summed E-state index contributed by atoms with van der Waals surface area (Å²) in [5.74, 6) is 2.26. The Balaban J connectivity index is 1.50. The number of rotatable bonds is 8. The molecule has 1 N–H and O–H groups in total. The van der Waals surface area contributed by atoms with E-state index in [1.165, 1.54) is 19.3 Å². The van der Waals surface area contributed by atoms with Gasteiger partial charge < -0.3 is 14.3 Å². The number of aliphatic hydroxyl groups excluding tert-OH is 1. The van der Waals surface area contributed by atoms with E-state index >= 15 is 0 Å². The van der Waals surface area contributed by atoms with Gasteiger partial charge >= 0.3 is 0 Å². The van der Waals surface area contributed by atoms with E-state index in [9.17, 15) is 5.11 Å². The zero-order valence-corrected chi connectivity index (χ0v) is 14.0. The normalized spacial score (nSPS) is 30.1. The highest BCUT2D eigenvalue weighted by molar-refractivity contribution is 5.43. The van der Waals surface area contributed by atoms with Gasteiger partial charge in [0, 0.05) is 19.6 Å². The molecular weight excluding hydrogens is 288 g/mol. The number of unbranched alkanes of at least 4 members (excludes halogenated alkanes) is 2. The minimum Gasteiger partial charge on any atom is -0.465 e. The first kappa shape index (κ1) is 16.5. The predicted molar refractivity (Wildman–Crippen MR) is 91.9 cm³/mol. The molecule has 3 heteroatoms. The van der Waals surface area contributed by atoms with Gasteiger partial charge in [-0.25, -0.2) is 0 Å². The van der Waals surface area contributed by atoms with Gasteiger partial charge in [0.1, 0.15) is 5.76 Å². The van der Waals surface area contributed by atoms with Gasteiger partial charge in [-0.1, -0.05) is 24.1 Å². The molecule has 1 fully saturated rings. The summed E-state index contributed by atoms with van der Waals surface area (Å²) in [7, 11) is 1.77. The van der Waals surface area contributed by atoms with Gasteiger partial charge in [0.25, 0.3) is 0 Å². The Hall–Kier alpha value is -1.32. The molecule has 0 amide bonds. The third-order valence-corrected chi connectivity index (χ3v) is 5.32. The highest BCUT2D eigenvalue weighted by atomic mass is 16.5. The van der Waals surface area contributed by atoms with Crippen LogP contribution in [0, 0.1) is 17.8 Å². The van der Waals surface area contributed by atoms with Crippen LogP contribution in [0.1, 0.15) is 44.3 Å². The molecule has 1 aromatic rings. The van der Waals surface area contributed by atoms with E-state index in [2.05, 4.69) is 12.2 Å². The summed E-state index contributed by atoms with van der Waals surface area (Å²) >= 11 is 0. The number of methoxy groups -OCH3 is 1. The van der Waals surface area contributed by atoms with E-state index in [-0.39, 0.29) is 12.0 Å². The van der Waals surface area contributed by atoms with E-state index in [1.807, 2.05) is 18.2 Å². The summed E-state index contributed by atoms with van der Waals surface area (Å²) in [6, 6.07) is 3.85. The van der Waals surface area contributed by atoms with Crippen LogP contribution in [0.25, 0.3) is 6.08 Å². The molecule has 0 aromatic carbocycles. The summed E-state index contributed by atoms with van der Waals surface area (Å²) in [4.78, 5) is 0. The molecule has 0 saturated heterocycles. The van der Waals surface area contributed by atoms with Crippen molar-refractivity contribution in [1.82, 2.24) is 0 Å². The summed E-state index contributed by atoms with van der Waals surface area (Å²) in [5, 5.41) is 10.4. The Morgan fingerprint density at radius 2 is 2.26 bits per heavy atom. The average molecular weight is 316 g/mol. The van der Waals surface area contributed by atoms with Crippen LogP contribution in [-0.2, 0) is 4.74 Å². The summed E-state index contributed by atoms with van der Waals surface area (Å²) < 4.78 is 10.5. The first-order valence-electron chi connectivity index (χ1n) is 8.86. The number of ether oxygens (including phenoxy) is 1. The van der Waals surface area contributed by atoms with E-state index in [4.69, 9.17) is 9.15 Å². The Labute approximate surface area is 139 Å². The standard InChI is InChI=1S/C20H28O3/c1-22-10-4-2-3-6-15-12-16-14-20(21)18(19(16)13-15)9-8-17-7-5-11-23-17/h5,7-9,11-12,16,18-21H,2-4,6,10,13-14H2,1H3/b9-8+/t16-,18+,19-,20+/m0/s1. The van der Waals surface area contributed by atoms with Crippen LogP contribution >= 0.6 is 0 Å². The van der Waals surface area contributed by atoms with Crippen molar-refractivity contribution in [1.29, 1.82) is 0 Å². The monoisotopic (exact) mass is 316 g/mol. The first-order valence-corrected chi connectivity index (χ1v) is 8.86. The zero-order valence-electron chi connectivity index (χ0n) is 14.0. The van der Waals surface area contributed by atoms with Crippen molar-refractivity contribution in [3.63, 3.8) is 0 Å². The molecule has 126 valence electrons. The van der Waals surface area contributed by atoms with Crippen LogP contribution in [0.5, 0.6) is 0 Å². The van der Waals surface area contributed by atoms with Crippen LogP contribution in [-0.4, -0.2) is 24.9 Å². The summed E-state index contributed by atoms with van der Waals surface area (Å²) in [6.45, 7) is 0.871. The number of furan rings is 1. The zero-order chi connectivity index (χ0) is 16.1. The highest BCUT2D eigenvalue weighted by Gasteiger charge is 2.43. The predicted octanol–water partition coefficient (Wildman–Crippen LogP) is 4.44. The Kier molecular flexibility index (Phi) is 5.74. The number of hydrogen-bond acceptors (Lipinski definition) is 3. The van der Waals surface area contributed by atoms with Gasteiger partial charge in [-0.15, -0.1) is 0 Å². The summed E-state index contributed by atoms with van der Waals surface area (Å²) in [6.07, 6.45) is 15.0. The van der Waals surface area contributed by atoms with Crippen molar-refractivity contribution in [3.05, 3.63) is 41.9 Å². The fraction of sp³-hybridized carbons (Fsp3) is 0.600. The van der Waals surface area contributed by atoms with Crippen LogP contribution in [0.15, 0.2) is 40.5 Å². The van der Waals surface area contributed by atoms with Gasteiger partial charge in [0.15, 0.2) is 0 Å². The molecule has 4 atom stereocenters. The molecule has 0 aliphatic heterocycles. The fourth-order valence-electron chi connectivity index (χ4n) is 4.16. The van der Waals surface area contributed by atoms with E-state index in [0.29, 0.717) is 11.8 Å². The van der Waals surface area contributed by atoms with E-state index < -0.39 is 0 Å². The molecule has 0 unspecified atom stereocenters. The van der Waals surface area contributed by atoms with Gasteiger partial charge in [0.05, 0.1) is 12.4 Å². The second-order valence-corrected chi connectivity index (χ2v) is 6.92. The first-order chi connectivity index (χ1) is 11.3. The fourth-order valence-corrected chi connectivity index (χ4v) is 4.16. The quantitative estimate of drug-likeness (QED) is 0.569. The molecule has 1 heterocycles. The van der Waals surface area contributed by atoms with Crippen molar-refractivity contribution in [3.8, 4) is 0 Å². The lowest BCUT2D eigenvalue weighted by Crippen LogP contribution is -2.16. The molecule has 23 heavy (non-hydrogen) atoms. The van der Waals surface area contributed by atoms with Gasteiger partial charge in [-0.3, -0.25) is 0 Å². The smallest absolute Gasteiger partial charge is 0.126 e. The van der Waals surface area contributed by atoms with Crippen molar-refractivity contribution in [2.24, 2.45) is 17.8 Å². The van der Waals surface area contributed by atoms with E-state index in [1.54, 1.807) is 18.9 Å². The van der Waals surface area contributed by atoms with E-state index in [0.717, 1.165) is 31.6 Å². The van der Waals surface area contributed by atoms with Crippen LogP contribution in [0.2, 0.25) is 0 Å². The average Bonchev–Trinajstić information content (AvgIpc) is 3.22. The summed E-state index contributed by atoms with van der Waals surface area (Å²) in [5.41, 5.74) is 1.60. The largest absolute Gasteiger partial charge is 0.465 e. The minimum atomic E-state index is -0.212. The van der Waals surface area contributed by atoms with Crippen molar-refractivity contribution in [2.75, 3.05) is 13.7 Å². The topological polar surface area (TPSA) is 42.6 Å². The molecule has 0 bridgehead atoms. The third-order valence-electron chi connectivity index (χ3n) is 5.32. The van der Waals surface area contributed by atoms with Gasteiger partial charge in [-0.05, 0) is 62.1 Å². The lowest BCUT2D eigenvalue weighted by molar-refractivity contribution is 0.141. The van der Waals surface area contributed by atoms with Crippen LogP contribution < -0.4 is 0 Å². The van der Waals surface area contributed by atoms with Crippen molar-refractivity contribution >= 4 is 6.08 Å². The molecule has 2 aliphatic carbocycles. The maximum absolute atomic E-state index is 10.4. The molecule has 3 nitrogen and oxygen atoms in total. The Morgan fingerprint density at radius 3 is 3.04 bits per heavy atom. The Morgan fingerprint density at radius 1 is 1.35 bits per heavy atom. The molecule has 1 saturated carbocycles. The third kappa shape index (κ3) is 4.15. The number of aliphatic hydroxyl groups is 1. The van der Waals surface area contributed by atoms with Crippen LogP contribution in [0.3, 0.4) is 0 Å². The number of allylic oxidation sites excluding steroid dienone is 2. The highest BCUT2D eigenvalue weighted by Crippen LogP contribution is 2.48.